The van der Waals surface area contributed by atoms with Gasteiger partial charge in [0.05, 0.1) is 0 Å². The summed E-state index contributed by atoms with van der Waals surface area (Å²) >= 11 is 3.19. The Kier molecular flexibility index (Phi) is 1.94. The molecule has 12 heavy (non-hydrogen) atoms. The van der Waals surface area contributed by atoms with Crippen LogP contribution in [0.25, 0.3) is 0 Å². The first-order chi connectivity index (χ1) is 5.71. The Labute approximate surface area is 79.7 Å². The van der Waals surface area contributed by atoms with Crippen molar-refractivity contribution in [2.24, 2.45) is 0 Å². The summed E-state index contributed by atoms with van der Waals surface area (Å²) in [6, 6.07) is 0. The van der Waals surface area contributed by atoms with Crippen molar-refractivity contribution in [2.45, 2.75) is 38.0 Å². The van der Waals surface area contributed by atoms with Crippen LogP contribution in [0.3, 0.4) is 0 Å². The normalized spacial score (nSPS) is 21.5. The number of hydrogen-bond acceptors (Lipinski definition) is 3. The van der Waals surface area contributed by atoms with Gasteiger partial charge >= 0.3 is 0 Å². The van der Waals surface area contributed by atoms with Gasteiger partial charge in [0.25, 0.3) is 0 Å². The highest BCUT2D eigenvalue weighted by Gasteiger charge is 2.35. The van der Waals surface area contributed by atoms with Gasteiger partial charge in [-0.1, -0.05) is 19.8 Å². The minimum atomic E-state index is 0.138. The molecule has 3 nitrogen and oxygen atoms in total. The zero-order chi connectivity index (χ0) is 8.60. The third kappa shape index (κ3) is 1.28. The first kappa shape index (κ1) is 8.23. The topological polar surface area (TPSA) is 38.9 Å². The molecule has 0 aliphatic heterocycles. The van der Waals surface area contributed by atoms with Crippen LogP contribution in [0, 0.1) is 0 Å². The number of halogens is 1. The van der Waals surface area contributed by atoms with Crippen LogP contribution in [0.1, 0.15) is 38.5 Å². The highest BCUT2D eigenvalue weighted by Crippen LogP contribution is 2.39. The van der Waals surface area contributed by atoms with Crippen molar-refractivity contribution in [3.63, 3.8) is 0 Å². The number of hydrogen-bond donors (Lipinski definition) is 0. The zero-order valence-corrected chi connectivity index (χ0v) is 8.60. The second kappa shape index (κ2) is 2.83. The molecule has 1 aromatic rings. The van der Waals surface area contributed by atoms with Gasteiger partial charge < -0.3 is 4.52 Å². The molecule has 0 amide bonds. The van der Waals surface area contributed by atoms with Crippen LogP contribution in [0.4, 0.5) is 0 Å². The van der Waals surface area contributed by atoms with Crippen LogP contribution >= 0.6 is 15.9 Å². The van der Waals surface area contributed by atoms with Gasteiger partial charge in [0, 0.05) is 5.41 Å². The predicted octanol–water partition coefficient (Wildman–Crippen LogP) is 2.66. The molecular formula is C8H11BrN2O. The quantitative estimate of drug-likeness (QED) is 0.745. The van der Waals surface area contributed by atoms with E-state index in [-0.39, 0.29) is 5.41 Å². The highest BCUT2D eigenvalue weighted by molar-refractivity contribution is 9.10. The molecular weight excluding hydrogens is 220 g/mol. The maximum Gasteiger partial charge on any atom is 0.238 e. The smallest absolute Gasteiger partial charge is 0.238 e. The second-order valence-corrected chi connectivity index (χ2v) is 4.35. The molecule has 1 heterocycles. The molecule has 1 aromatic heterocycles. The van der Waals surface area contributed by atoms with E-state index in [0.29, 0.717) is 4.73 Å². The Morgan fingerprint density at radius 3 is 2.58 bits per heavy atom. The molecule has 66 valence electrons. The fourth-order valence-corrected chi connectivity index (χ4v) is 2.05. The van der Waals surface area contributed by atoms with Crippen molar-refractivity contribution < 1.29 is 4.52 Å². The first-order valence-corrected chi connectivity index (χ1v) is 5.00. The standard InChI is InChI=1S/C8H11BrN2O/c1-8(4-2-3-5-8)6-10-7(9)11-12-6/h2-5H2,1H3. The summed E-state index contributed by atoms with van der Waals surface area (Å²) < 4.78 is 5.70. The first-order valence-electron chi connectivity index (χ1n) is 4.20. The third-order valence-corrected chi connectivity index (χ3v) is 2.95. The molecule has 0 bridgehead atoms. The van der Waals surface area contributed by atoms with Crippen molar-refractivity contribution in [1.29, 1.82) is 0 Å². The van der Waals surface area contributed by atoms with Crippen molar-refractivity contribution in [3.05, 3.63) is 10.6 Å². The van der Waals surface area contributed by atoms with Gasteiger partial charge in [0.1, 0.15) is 0 Å². The van der Waals surface area contributed by atoms with Gasteiger partial charge in [-0.05, 0) is 33.9 Å². The van der Waals surface area contributed by atoms with E-state index < -0.39 is 0 Å². The second-order valence-electron chi connectivity index (χ2n) is 3.64. The molecule has 0 spiro atoms. The van der Waals surface area contributed by atoms with Gasteiger partial charge in [0.2, 0.25) is 10.6 Å². The molecule has 0 radical (unpaired) electrons. The van der Waals surface area contributed by atoms with E-state index in [4.69, 9.17) is 4.52 Å². The Balaban J connectivity index is 2.28. The Morgan fingerprint density at radius 2 is 2.08 bits per heavy atom. The van der Waals surface area contributed by atoms with Crippen molar-refractivity contribution >= 4 is 15.9 Å². The Morgan fingerprint density at radius 1 is 1.42 bits per heavy atom. The van der Waals surface area contributed by atoms with Crippen LogP contribution < -0.4 is 0 Å². The molecule has 0 N–H and O–H groups in total. The van der Waals surface area contributed by atoms with E-state index in [0.717, 1.165) is 5.89 Å². The van der Waals surface area contributed by atoms with Gasteiger partial charge in [-0.15, -0.1) is 0 Å². The van der Waals surface area contributed by atoms with Gasteiger partial charge in [-0.2, -0.15) is 4.98 Å². The summed E-state index contributed by atoms with van der Waals surface area (Å²) in [4.78, 5) is 4.20. The number of rotatable bonds is 1. The Hall–Kier alpha value is -0.380. The van der Waals surface area contributed by atoms with E-state index in [1.807, 2.05) is 0 Å². The number of aromatic nitrogens is 2. The fourth-order valence-electron chi connectivity index (χ4n) is 1.82. The lowest BCUT2D eigenvalue weighted by molar-refractivity contribution is 0.295. The summed E-state index contributed by atoms with van der Waals surface area (Å²) in [5, 5.41) is 3.74. The minimum absolute atomic E-state index is 0.138. The van der Waals surface area contributed by atoms with Crippen LogP contribution in [0.15, 0.2) is 9.26 Å². The summed E-state index contributed by atoms with van der Waals surface area (Å²) in [7, 11) is 0. The molecule has 0 aromatic carbocycles. The average Bonchev–Trinajstić information content (AvgIpc) is 2.59. The van der Waals surface area contributed by atoms with Crippen molar-refractivity contribution in [2.75, 3.05) is 0 Å². The van der Waals surface area contributed by atoms with Gasteiger partial charge in [-0.25, -0.2) is 0 Å². The molecule has 1 aliphatic rings. The third-order valence-electron chi connectivity index (χ3n) is 2.62. The van der Waals surface area contributed by atoms with Gasteiger partial charge in [0.15, 0.2) is 0 Å². The summed E-state index contributed by atoms with van der Waals surface area (Å²) in [5.74, 6) is 0.784. The number of nitrogens with zero attached hydrogens (tertiary/aromatic N) is 2. The molecule has 0 saturated heterocycles. The van der Waals surface area contributed by atoms with E-state index in [2.05, 4.69) is 33.0 Å². The van der Waals surface area contributed by atoms with E-state index in [1.165, 1.54) is 25.7 Å². The summed E-state index contributed by atoms with van der Waals surface area (Å²) in [5.41, 5.74) is 0.138. The molecule has 1 fully saturated rings. The minimum Gasteiger partial charge on any atom is -0.338 e. The van der Waals surface area contributed by atoms with E-state index >= 15 is 0 Å². The fraction of sp³-hybridized carbons (Fsp3) is 0.750. The Bertz CT molecular complexity index is 278. The maximum atomic E-state index is 5.14. The zero-order valence-electron chi connectivity index (χ0n) is 7.01. The van der Waals surface area contributed by atoms with Crippen LogP contribution in [0.5, 0.6) is 0 Å². The molecule has 0 unspecified atom stereocenters. The molecule has 1 aliphatic carbocycles. The lowest BCUT2D eigenvalue weighted by Gasteiger charge is -2.16. The van der Waals surface area contributed by atoms with Crippen molar-refractivity contribution in [1.82, 2.24) is 10.1 Å². The van der Waals surface area contributed by atoms with Crippen LogP contribution in [-0.4, -0.2) is 10.1 Å². The van der Waals surface area contributed by atoms with E-state index in [9.17, 15) is 0 Å². The lowest BCUT2D eigenvalue weighted by atomic mass is 9.89. The van der Waals surface area contributed by atoms with Crippen LogP contribution in [0.2, 0.25) is 0 Å². The highest BCUT2D eigenvalue weighted by atomic mass is 79.9. The molecule has 2 rings (SSSR count). The lowest BCUT2D eigenvalue weighted by Crippen LogP contribution is -2.16. The van der Waals surface area contributed by atoms with Gasteiger partial charge in [-0.3, -0.25) is 0 Å². The van der Waals surface area contributed by atoms with Crippen LogP contribution in [-0.2, 0) is 5.41 Å². The average molecular weight is 231 g/mol. The molecule has 1 saturated carbocycles. The maximum absolute atomic E-state index is 5.14. The molecule has 4 heteroatoms. The monoisotopic (exact) mass is 230 g/mol. The summed E-state index contributed by atoms with van der Waals surface area (Å²) in [6.45, 7) is 2.19. The predicted molar refractivity (Wildman–Crippen MR) is 47.8 cm³/mol. The molecule has 0 atom stereocenters. The van der Waals surface area contributed by atoms with E-state index in [1.54, 1.807) is 0 Å². The SMILES string of the molecule is CC1(c2nc(Br)no2)CCCC1. The largest absolute Gasteiger partial charge is 0.338 e. The summed E-state index contributed by atoms with van der Waals surface area (Å²) in [6.07, 6.45) is 4.89. The van der Waals surface area contributed by atoms with Crippen molar-refractivity contribution in [3.8, 4) is 0 Å².